The minimum absolute atomic E-state index is 0.0991. The van der Waals surface area contributed by atoms with Gasteiger partial charge in [0.25, 0.3) is 0 Å². The fourth-order valence-corrected chi connectivity index (χ4v) is 1.93. The van der Waals surface area contributed by atoms with Crippen LogP contribution in [-0.2, 0) is 4.79 Å². The molecule has 1 unspecified atom stereocenters. The second-order valence-electron chi connectivity index (χ2n) is 4.57. The van der Waals surface area contributed by atoms with E-state index in [0.717, 1.165) is 0 Å². The molecule has 13 heavy (non-hydrogen) atoms. The van der Waals surface area contributed by atoms with E-state index in [1.807, 2.05) is 26.8 Å². The highest BCUT2D eigenvalue weighted by Crippen LogP contribution is 2.35. The van der Waals surface area contributed by atoms with Gasteiger partial charge in [0, 0.05) is 11.0 Å². The van der Waals surface area contributed by atoms with E-state index in [2.05, 4.69) is 0 Å². The van der Waals surface area contributed by atoms with Gasteiger partial charge in [0.15, 0.2) is 5.78 Å². The van der Waals surface area contributed by atoms with Crippen LogP contribution in [0.2, 0.25) is 0 Å². The molecule has 0 aromatic rings. The SMILES string of the molecule is CC1(N)C=C(C#N)C(=O)C(C)(C)C1. The Labute approximate surface area is 78.2 Å². The first kappa shape index (κ1) is 9.94. The van der Waals surface area contributed by atoms with Crippen LogP contribution in [0.4, 0.5) is 0 Å². The van der Waals surface area contributed by atoms with Crippen LogP contribution in [0.5, 0.6) is 0 Å². The number of carbonyl (C=O) groups excluding carboxylic acids is 1. The topological polar surface area (TPSA) is 66.9 Å². The third-order valence-electron chi connectivity index (χ3n) is 2.28. The molecule has 1 aliphatic rings. The van der Waals surface area contributed by atoms with Crippen molar-refractivity contribution in [3.8, 4) is 6.07 Å². The standard InChI is InChI=1S/C10H14N2O/c1-9(2)6-10(3,12)4-7(5-11)8(9)13/h4H,6,12H2,1-3H3. The smallest absolute Gasteiger partial charge is 0.178 e. The quantitative estimate of drug-likeness (QED) is 0.605. The maximum Gasteiger partial charge on any atom is 0.178 e. The predicted molar refractivity (Wildman–Crippen MR) is 49.7 cm³/mol. The third-order valence-corrected chi connectivity index (χ3v) is 2.28. The third kappa shape index (κ3) is 1.78. The molecule has 0 fully saturated rings. The Morgan fingerprint density at radius 2 is 2.08 bits per heavy atom. The monoisotopic (exact) mass is 178 g/mol. The molecule has 0 spiro atoms. The first-order valence-electron chi connectivity index (χ1n) is 4.25. The molecule has 1 atom stereocenters. The molecule has 1 rings (SSSR count). The Kier molecular flexibility index (Phi) is 2.05. The number of nitriles is 1. The van der Waals surface area contributed by atoms with Gasteiger partial charge in [0.05, 0.1) is 5.57 Å². The number of rotatable bonds is 0. The first-order valence-corrected chi connectivity index (χ1v) is 4.25. The molecule has 1 aliphatic carbocycles. The molecule has 70 valence electrons. The highest BCUT2D eigenvalue weighted by Gasteiger charge is 2.40. The maximum atomic E-state index is 11.6. The van der Waals surface area contributed by atoms with Crippen LogP contribution in [-0.4, -0.2) is 11.3 Å². The van der Waals surface area contributed by atoms with Gasteiger partial charge in [0.2, 0.25) is 0 Å². The lowest BCUT2D eigenvalue weighted by Gasteiger charge is -2.35. The van der Waals surface area contributed by atoms with Crippen LogP contribution in [0, 0.1) is 16.7 Å². The van der Waals surface area contributed by atoms with E-state index in [0.29, 0.717) is 6.42 Å². The molecule has 3 nitrogen and oxygen atoms in total. The normalized spacial score (nSPS) is 32.2. The maximum absolute atomic E-state index is 11.6. The van der Waals surface area contributed by atoms with Crippen LogP contribution in [0.15, 0.2) is 11.6 Å². The van der Waals surface area contributed by atoms with Crippen molar-refractivity contribution in [1.82, 2.24) is 0 Å². The van der Waals surface area contributed by atoms with Crippen molar-refractivity contribution in [2.24, 2.45) is 11.1 Å². The number of nitrogens with zero attached hydrogens (tertiary/aromatic N) is 1. The average Bonchev–Trinajstić information content (AvgIpc) is 1.95. The van der Waals surface area contributed by atoms with Gasteiger partial charge >= 0.3 is 0 Å². The lowest BCUT2D eigenvalue weighted by atomic mass is 9.69. The molecule has 0 aromatic carbocycles. The van der Waals surface area contributed by atoms with E-state index in [4.69, 9.17) is 11.0 Å². The Bertz CT molecular complexity index is 318. The summed E-state index contributed by atoms with van der Waals surface area (Å²) in [7, 11) is 0. The zero-order valence-electron chi connectivity index (χ0n) is 8.22. The van der Waals surface area contributed by atoms with Gasteiger partial charge in [-0.15, -0.1) is 0 Å². The number of ketones is 1. The van der Waals surface area contributed by atoms with E-state index in [1.165, 1.54) is 0 Å². The molecule has 0 amide bonds. The molecule has 0 radical (unpaired) electrons. The molecule has 0 aliphatic heterocycles. The molecule has 0 bridgehead atoms. The van der Waals surface area contributed by atoms with Gasteiger partial charge in [-0.3, -0.25) is 4.79 Å². The van der Waals surface area contributed by atoms with Gasteiger partial charge in [-0.2, -0.15) is 5.26 Å². The Balaban J connectivity index is 3.19. The minimum atomic E-state index is -0.539. The molecule has 0 heterocycles. The number of carbonyl (C=O) groups is 1. The van der Waals surface area contributed by atoms with Crippen molar-refractivity contribution < 1.29 is 4.79 Å². The summed E-state index contributed by atoms with van der Waals surface area (Å²) in [6.45, 7) is 5.48. The van der Waals surface area contributed by atoms with Gasteiger partial charge in [0.1, 0.15) is 6.07 Å². The summed E-state index contributed by atoms with van der Waals surface area (Å²) < 4.78 is 0. The second-order valence-corrected chi connectivity index (χ2v) is 4.57. The fourth-order valence-electron chi connectivity index (χ4n) is 1.93. The fraction of sp³-hybridized carbons (Fsp3) is 0.600. The first-order chi connectivity index (χ1) is 5.78. The number of hydrogen-bond donors (Lipinski definition) is 1. The number of Topliss-reactive ketones (excluding diaryl/α,β-unsaturated/α-hetero) is 1. The van der Waals surface area contributed by atoms with E-state index >= 15 is 0 Å². The molecule has 2 N–H and O–H groups in total. The van der Waals surface area contributed by atoms with E-state index in [-0.39, 0.29) is 11.4 Å². The van der Waals surface area contributed by atoms with E-state index in [1.54, 1.807) is 6.08 Å². The van der Waals surface area contributed by atoms with Crippen LogP contribution in [0.1, 0.15) is 27.2 Å². The Morgan fingerprint density at radius 1 is 1.54 bits per heavy atom. The summed E-state index contributed by atoms with van der Waals surface area (Å²) in [5.41, 5.74) is 5.05. The van der Waals surface area contributed by atoms with Crippen LogP contribution in [0.25, 0.3) is 0 Å². The van der Waals surface area contributed by atoms with E-state index < -0.39 is 11.0 Å². The number of allylic oxidation sites excluding steroid dienone is 1. The lowest BCUT2D eigenvalue weighted by molar-refractivity contribution is -0.124. The molecule has 0 saturated carbocycles. The van der Waals surface area contributed by atoms with Gasteiger partial charge in [-0.25, -0.2) is 0 Å². The summed E-state index contributed by atoms with van der Waals surface area (Å²) >= 11 is 0. The molecule has 0 aromatic heterocycles. The average molecular weight is 178 g/mol. The van der Waals surface area contributed by atoms with Crippen molar-refractivity contribution in [2.45, 2.75) is 32.7 Å². The summed E-state index contributed by atoms with van der Waals surface area (Å²) in [5, 5.41) is 8.73. The van der Waals surface area contributed by atoms with Crippen molar-refractivity contribution in [1.29, 1.82) is 5.26 Å². The largest absolute Gasteiger partial charge is 0.322 e. The minimum Gasteiger partial charge on any atom is -0.322 e. The summed E-state index contributed by atoms with van der Waals surface area (Å²) in [5.74, 6) is -0.0991. The summed E-state index contributed by atoms with van der Waals surface area (Å²) in [6, 6.07) is 1.90. The van der Waals surface area contributed by atoms with Crippen LogP contribution < -0.4 is 5.73 Å². The summed E-state index contributed by atoms with van der Waals surface area (Å²) in [4.78, 5) is 11.6. The van der Waals surface area contributed by atoms with Crippen molar-refractivity contribution in [2.75, 3.05) is 0 Å². The van der Waals surface area contributed by atoms with Crippen molar-refractivity contribution in [3.63, 3.8) is 0 Å². The highest BCUT2D eigenvalue weighted by atomic mass is 16.1. The molecule has 3 heteroatoms. The van der Waals surface area contributed by atoms with Gasteiger partial charge < -0.3 is 5.73 Å². The van der Waals surface area contributed by atoms with Gasteiger partial charge in [-0.05, 0) is 19.4 Å². The Morgan fingerprint density at radius 3 is 2.54 bits per heavy atom. The van der Waals surface area contributed by atoms with E-state index in [9.17, 15) is 4.79 Å². The number of nitrogens with two attached hydrogens (primary N) is 1. The van der Waals surface area contributed by atoms with Gasteiger partial charge in [-0.1, -0.05) is 13.8 Å². The second kappa shape index (κ2) is 2.68. The number of hydrogen-bond acceptors (Lipinski definition) is 3. The van der Waals surface area contributed by atoms with Crippen molar-refractivity contribution in [3.05, 3.63) is 11.6 Å². The van der Waals surface area contributed by atoms with Crippen LogP contribution in [0.3, 0.4) is 0 Å². The molecular formula is C10H14N2O. The zero-order valence-corrected chi connectivity index (χ0v) is 8.22. The Hall–Kier alpha value is -1.14. The van der Waals surface area contributed by atoms with Crippen molar-refractivity contribution >= 4 is 5.78 Å². The predicted octanol–water partition coefficient (Wildman–Crippen LogP) is 1.15. The molecular weight excluding hydrogens is 164 g/mol. The lowest BCUT2D eigenvalue weighted by Crippen LogP contribution is -2.46. The highest BCUT2D eigenvalue weighted by molar-refractivity contribution is 6.03. The molecule has 0 saturated heterocycles. The zero-order chi connectivity index (χ0) is 10.3. The summed E-state index contributed by atoms with van der Waals surface area (Å²) in [6.07, 6.45) is 2.16. The van der Waals surface area contributed by atoms with Crippen LogP contribution >= 0.6 is 0 Å².